The van der Waals surface area contributed by atoms with E-state index in [-0.39, 0.29) is 37.1 Å². The minimum Gasteiger partial charge on any atom is -0.459 e. The van der Waals surface area contributed by atoms with Crippen LogP contribution in [0.4, 0.5) is 0 Å². The number of aliphatic hydroxyl groups excluding tert-OH is 3. The van der Waals surface area contributed by atoms with E-state index in [2.05, 4.69) is 5.16 Å². The van der Waals surface area contributed by atoms with Gasteiger partial charge in [0.15, 0.2) is 12.6 Å². The van der Waals surface area contributed by atoms with Gasteiger partial charge in [0, 0.05) is 37.3 Å². The van der Waals surface area contributed by atoms with Crippen molar-refractivity contribution in [2.45, 2.75) is 179 Å². The van der Waals surface area contributed by atoms with E-state index in [0.29, 0.717) is 6.42 Å². The predicted octanol–water partition coefficient (Wildman–Crippen LogP) is 2.05. The number of carbonyl (C=O) groups excluding carboxylic acids is 1. The molecule has 3 saturated heterocycles. The van der Waals surface area contributed by atoms with Crippen LogP contribution in [0.1, 0.15) is 94.9 Å². The first-order valence-corrected chi connectivity index (χ1v) is 18.7. The van der Waals surface area contributed by atoms with Crippen LogP contribution in [0.25, 0.3) is 0 Å². The van der Waals surface area contributed by atoms with E-state index < -0.39 is 102 Å². The minimum atomic E-state index is -1.97. The first kappa shape index (κ1) is 44.9. The summed E-state index contributed by atoms with van der Waals surface area (Å²) in [4.78, 5) is 16.0. The zero-order chi connectivity index (χ0) is 39.7. The first-order valence-electron chi connectivity index (χ1n) is 18.7. The smallest absolute Gasteiger partial charge is 0.311 e. The highest BCUT2D eigenvalue weighted by Gasteiger charge is 2.53. The molecule has 0 aromatic carbocycles. The Morgan fingerprint density at radius 3 is 2.08 bits per heavy atom. The van der Waals surface area contributed by atoms with Crippen LogP contribution in [-0.2, 0) is 33.2 Å². The summed E-state index contributed by atoms with van der Waals surface area (Å²) in [5.41, 5.74) is -4.68. The van der Waals surface area contributed by atoms with Crippen molar-refractivity contribution >= 4 is 11.7 Å². The number of cyclic esters (lactones) is 1. The summed E-state index contributed by atoms with van der Waals surface area (Å²) in [5.74, 6) is -4.24. The van der Waals surface area contributed by atoms with E-state index in [4.69, 9.17) is 28.4 Å². The van der Waals surface area contributed by atoms with E-state index in [9.17, 15) is 35.5 Å². The Morgan fingerprint density at radius 2 is 1.54 bits per heavy atom. The minimum absolute atomic E-state index is 0.0657. The number of methoxy groups -OCH3 is 1. The number of rotatable bonds is 7. The summed E-state index contributed by atoms with van der Waals surface area (Å²) in [7, 11) is 5.19. The molecule has 0 aliphatic carbocycles. The zero-order valence-electron chi connectivity index (χ0n) is 33.4. The van der Waals surface area contributed by atoms with Gasteiger partial charge in [0.2, 0.25) is 0 Å². The third-order valence-electron chi connectivity index (χ3n) is 12.0. The van der Waals surface area contributed by atoms with Crippen LogP contribution in [0.2, 0.25) is 0 Å². The monoisotopic (exact) mass is 748 g/mol. The molecular weight excluding hydrogens is 680 g/mol. The molecule has 0 aromatic heterocycles. The topological polar surface area (TPSA) is 209 Å². The number of ether oxygens (including phenoxy) is 6. The molecular formula is C37H68N2O13. The van der Waals surface area contributed by atoms with Crippen LogP contribution in [0, 0.1) is 23.7 Å². The quantitative estimate of drug-likeness (QED) is 0.125. The summed E-state index contributed by atoms with van der Waals surface area (Å²) in [6.07, 6.45) is -9.51. The highest BCUT2D eigenvalue weighted by molar-refractivity contribution is 5.88. The summed E-state index contributed by atoms with van der Waals surface area (Å²) in [6, 6.07) is -0.322. The Balaban J connectivity index is 2.21. The SMILES string of the molecule is CC[C@H]1OC(=O)[C@H](C)[C@@H](OC2CC(C)(OC)C(O)C(C)O2)[C@H](C)[C@@H](OC2OC(C)CC(N(C)C)C2O)[C@](C)(O)C[C@@H](C)/C(=N/O)[C@H](C)[C@@H](O)[C@]1(C)O. The number of oxime groups is 1. The molecule has 0 bridgehead atoms. The van der Waals surface area contributed by atoms with Crippen molar-refractivity contribution in [3.05, 3.63) is 0 Å². The molecule has 0 amide bonds. The lowest BCUT2D eigenvalue weighted by Crippen LogP contribution is -2.61. The molecule has 3 aliphatic rings. The lowest BCUT2D eigenvalue weighted by atomic mass is 9.73. The summed E-state index contributed by atoms with van der Waals surface area (Å²) >= 11 is 0. The molecule has 3 fully saturated rings. The van der Waals surface area contributed by atoms with Gasteiger partial charge in [-0.3, -0.25) is 4.79 Å². The van der Waals surface area contributed by atoms with Crippen LogP contribution >= 0.6 is 0 Å². The second-order valence-electron chi connectivity index (χ2n) is 16.6. The van der Waals surface area contributed by atoms with Gasteiger partial charge >= 0.3 is 5.97 Å². The standard InChI is InChI=1S/C37H68N2O13/c1-14-25-37(10,45)30(41)20(4)27(38-46)18(2)16-35(8,44)32(52-34-28(40)24(39(11)12)15-19(3)48-34)21(5)29(22(6)33(43)50-25)51-26-17-36(9,47-13)31(42)23(7)49-26/h18-26,28-32,34,40-42,44-46H,14-17H2,1-13H3/b38-27-/t18-,19?,20+,21+,22-,23?,24?,25-,26?,28?,29+,30-,31?,32-,34?,35-,36?,37-/m1/s1. The van der Waals surface area contributed by atoms with Gasteiger partial charge in [0.1, 0.15) is 23.9 Å². The number of hydrogen-bond acceptors (Lipinski definition) is 15. The lowest BCUT2D eigenvalue weighted by Gasteiger charge is -2.49. The van der Waals surface area contributed by atoms with Crippen molar-refractivity contribution in [1.29, 1.82) is 0 Å². The molecule has 304 valence electrons. The Morgan fingerprint density at radius 1 is 0.923 bits per heavy atom. The van der Waals surface area contributed by atoms with Gasteiger partial charge in [-0.1, -0.05) is 32.9 Å². The van der Waals surface area contributed by atoms with Gasteiger partial charge in [0.05, 0.1) is 53.4 Å². The molecule has 3 rings (SSSR count). The Labute approximate surface area is 309 Å². The summed E-state index contributed by atoms with van der Waals surface area (Å²) < 4.78 is 37.2. The molecule has 52 heavy (non-hydrogen) atoms. The number of likely N-dealkylation sites (N-methyl/N-ethyl adjacent to an activating group) is 1. The van der Waals surface area contributed by atoms with E-state index in [1.807, 2.05) is 25.9 Å². The maximum Gasteiger partial charge on any atom is 0.311 e. The summed E-state index contributed by atoms with van der Waals surface area (Å²) in [6.45, 7) is 16.6. The maximum atomic E-state index is 14.1. The van der Waals surface area contributed by atoms with Crippen molar-refractivity contribution in [2.24, 2.45) is 28.8 Å². The Kier molecular flexibility index (Phi) is 15.1. The number of nitrogens with zero attached hydrogens (tertiary/aromatic N) is 2. The van der Waals surface area contributed by atoms with Crippen LogP contribution in [0.15, 0.2) is 5.16 Å². The third-order valence-corrected chi connectivity index (χ3v) is 12.0. The average molecular weight is 749 g/mol. The molecule has 3 aliphatic heterocycles. The zero-order valence-corrected chi connectivity index (χ0v) is 33.4. The molecule has 0 saturated carbocycles. The number of esters is 1. The fraction of sp³-hybridized carbons (Fsp3) is 0.946. The molecule has 15 nitrogen and oxygen atoms in total. The van der Waals surface area contributed by atoms with E-state index in [0.717, 1.165) is 0 Å². The molecule has 8 unspecified atom stereocenters. The van der Waals surface area contributed by atoms with Gasteiger partial charge in [-0.05, 0) is 74.9 Å². The van der Waals surface area contributed by atoms with Gasteiger partial charge in [-0.25, -0.2) is 0 Å². The fourth-order valence-electron chi connectivity index (χ4n) is 8.61. The molecule has 18 atom stereocenters. The van der Waals surface area contributed by atoms with Gasteiger partial charge in [0.25, 0.3) is 0 Å². The predicted molar refractivity (Wildman–Crippen MR) is 190 cm³/mol. The Bertz CT molecular complexity index is 1200. The Hall–Kier alpha value is -1.50. The van der Waals surface area contributed by atoms with Gasteiger partial charge in [-0.2, -0.15) is 0 Å². The third kappa shape index (κ3) is 9.47. The molecule has 0 spiro atoms. The normalized spacial score (nSPS) is 49.8. The van der Waals surface area contributed by atoms with Crippen molar-refractivity contribution in [2.75, 3.05) is 21.2 Å². The number of hydrogen-bond donors (Lipinski definition) is 6. The molecule has 0 radical (unpaired) electrons. The van der Waals surface area contributed by atoms with E-state index in [1.165, 1.54) is 14.0 Å². The molecule has 6 N–H and O–H groups in total. The van der Waals surface area contributed by atoms with E-state index >= 15 is 0 Å². The largest absolute Gasteiger partial charge is 0.459 e. The van der Waals surface area contributed by atoms with Crippen molar-refractivity contribution < 1.29 is 64.0 Å². The second kappa shape index (κ2) is 17.5. The van der Waals surface area contributed by atoms with Crippen molar-refractivity contribution in [1.82, 2.24) is 4.90 Å². The lowest BCUT2D eigenvalue weighted by molar-refractivity contribution is -0.317. The maximum absolute atomic E-state index is 14.1. The van der Waals surface area contributed by atoms with Crippen LogP contribution in [0.3, 0.4) is 0 Å². The second-order valence-corrected chi connectivity index (χ2v) is 16.6. The summed E-state index contributed by atoms with van der Waals surface area (Å²) in [5, 5.41) is 71.8. The molecule has 3 heterocycles. The van der Waals surface area contributed by atoms with E-state index in [1.54, 1.807) is 55.4 Å². The number of aliphatic hydroxyl groups is 5. The van der Waals surface area contributed by atoms with Crippen LogP contribution in [0.5, 0.6) is 0 Å². The molecule has 0 aromatic rings. The highest BCUT2D eigenvalue weighted by Crippen LogP contribution is 2.41. The van der Waals surface area contributed by atoms with Gasteiger partial charge in [-0.15, -0.1) is 0 Å². The highest BCUT2D eigenvalue weighted by atomic mass is 16.7. The molecule has 15 heteroatoms. The van der Waals surface area contributed by atoms with Crippen molar-refractivity contribution in [3.63, 3.8) is 0 Å². The van der Waals surface area contributed by atoms with Crippen molar-refractivity contribution in [3.8, 4) is 0 Å². The first-order chi connectivity index (χ1) is 24.0. The average Bonchev–Trinajstić information content (AvgIpc) is 3.06. The number of carbonyl (C=O) groups is 1. The van der Waals surface area contributed by atoms with Crippen LogP contribution < -0.4 is 0 Å². The van der Waals surface area contributed by atoms with Gasteiger partial charge < -0.3 is 64.1 Å². The fourth-order valence-corrected chi connectivity index (χ4v) is 8.61. The van der Waals surface area contributed by atoms with Crippen LogP contribution in [-0.4, -0.2) is 153 Å².